The van der Waals surface area contributed by atoms with Gasteiger partial charge in [0.1, 0.15) is 17.9 Å². The molecular formula is C21H15F3N6O. The molecule has 0 aliphatic carbocycles. The molecule has 2 heterocycles. The molecule has 2 aromatic carbocycles. The molecule has 1 atom stereocenters. The number of halogens is 3. The zero-order valence-corrected chi connectivity index (χ0v) is 16.1. The first-order valence-corrected chi connectivity index (χ1v) is 9.14. The van der Waals surface area contributed by atoms with Gasteiger partial charge in [-0.15, -0.1) is 13.2 Å². The molecule has 0 aliphatic heterocycles. The van der Waals surface area contributed by atoms with Crippen LogP contribution >= 0.6 is 0 Å². The maximum absolute atomic E-state index is 12.5. The van der Waals surface area contributed by atoms with Gasteiger partial charge in [-0.1, -0.05) is 12.1 Å². The second-order valence-corrected chi connectivity index (χ2v) is 6.68. The van der Waals surface area contributed by atoms with E-state index < -0.39 is 6.36 Å². The minimum absolute atomic E-state index is 0.295. The Balaban J connectivity index is 1.59. The van der Waals surface area contributed by atoms with Crippen LogP contribution in [0.15, 0.2) is 61.2 Å². The first-order chi connectivity index (χ1) is 14.8. The number of imidazole rings is 1. The van der Waals surface area contributed by atoms with E-state index in [-0.39, 0.29) is 11.8 Å². The predicted octanol–water partition coefficient (Wildman–Crippen LogP) is 4.76. The van der Waals surface area contributed by atoms with Gasteiger partial charge in [-0.25, -0.2) is 9.97 Å². The van der Waals surface area contributed by atoms with Crippen molar-refractivity contribution in [2.24, 2.45) is 0 Å². The molecule has 0 spiro atoms. The van der Waals surface area contributed by atoms with Crippen LogP contribution in [0.4, 0.5) is 19.0 Å². The molecule has 31 heavy (non-hydrogen) atoms. The summed E-state index contributed by atoms with van der Waals surface area (Å²) in [5, 5.41) is 12.3. The summed E-state index contributed by atoms with van der Waals surface area (Å²) in [7, 11) is 0. The lowest BCUT2D eigenvalue weighted by Gasteiger charge is -2.17. The van der Waals surface area contributed by atoms with Crippen molar-refractivity contribution >= 4 is 16.9 Å². The summed E-state index contributed by atoms with van der Waals surface area (Å²) in [5.41, 5.74) is 2.48. The lowest BCUT2D eigenvalue weighted by Crippen LogP contribution is -2.17. The quantitative estimate of drug-likeness (QED) is 0.497. The maximum atomic E-state index is 12.5. The molecule has 0 saturated carbocycles. The van der Waals surface area contributed by atoms with Crippen LogP contribution in [0.3, 0.4) is 0 Å². The molecule has 4 aromatic rings. The summed E-state index contributed by atoms with van der Waals surface area (Å²) in [6.45, 7) is 1.78. The SMILES string of the molecule is CC(Nc1cncc(-n2cnc3ccc(C#N)cc32)n1)c1cccc(OC(F)(F)F)c1. The normalized spacial score (nSPS) is 12.4. The summed E-state index contributed by atoms with van der Waals surface area (Å²) < 4.78 is 43.1. The van der Waals surface area contributed by atoms with Gasteiger partial charge in [-0.05, 0) is 42.8 Å². The van der Waals surface area contributed by atoms with Crippen molar-refractivity contribution in [3.05, 3.63) is 72.3 Å². The Hall–Kier alpha value is -4.13. The van der Waals surface area contributed by atoms with Gasteiger partial charge in [0.15, 0.2) is 5.82 Å². The van der Waals surface area contributed by atoms with Crippen molar-refractivity contribution in [2.45, 2.75) is 19.3 Å². The molecule has 4 rings (SSSR count). The van der Waals surface area contributed by atoms with Gasteiger partial charge >= 0.3 is 6.36 Å². The lowest BCUT2D eigenvalue weighted by molar-refractivity contribution is -0.274. The number of hydrogen-bond donors (Lipinski definition) is 1. The largest absolute Gasteiger partial charge is 0.573 e. The molecular weight excluding hydrogens is 409 g/mol. The lowest BCUT2D eigenvalue weighted by atomic mass is 10.1. The first-order valence-electron chi connectivity index (χ1n) is 9.14. The zero-order valence-electron chi connectivity index (χ0n) is 16.1. The molecule has 1 N–H and O–H groups in total. The average Bonchev–Trinajstić information content (AvgIpc) is 3.16. The zero-order chi connectivity index (χ0) is 22.0. The number of hydrogen-bond acceptors (Lipinski definition) is 6. The molecule has 0 saturated heterocycles. The smallest absolute Gasteiger partial charge is 0.406 e. The van der Waals surface area contributed by atoms with Crippen molar-refractivity contribution < 1.29 is 17.9 Å². The highest BCUT2D eigenvalue weighted by Crippen LogP contribution is 2.27. The number of nitriles is 1. The Morgan fingerprint density at radius 3 is 2.77 bits per heavy atom. The molecule has 10 heteroatoms. The second kappa shape index (κ2) is 7.95. The van der Waals surface area contributed by atoms with E-state index in [0.717, 1.165) is 0 Å². The molecule has 7 nitrogen and oxygen atoms in total. The van der Waals surface area contributed by atoms with Crippen molar-refractivity contribution in [2.75, 3.05) is 5.32 Å². The number of nitrogens with zero attached hydrogens (tertiary/aromatic N) is 5. The molecule has 0 radical (unpaired) electrons. The number of alkyl halides is 3. The molecule has 0 amide bonds. The third-order valence-corrected chi connectivity index (χ3v) is 4.50. The highest BCUT2D eigenvalue weighted by Gasteiger charge is 2.31. The number of nitrogens with one attached hydrogen (secondary N) is 1. The van der Waals surface area contributed by atoms with Crippen LogP contribution in [0.25, 0.3) is 16.9 Å². The minimum Gasteiger partial charge on any atom is -0.406 e. The molecule has 1 unspecified atom stereocenters. The van der Waals surface area contributed by atoms with E-state index in [0.29, 0.717) is 33.8 Å². The maximum Gasteiger partial charge on any atom is 0.573 e. The molecule has 0 bridgehead atoms. The van der Waals surface area contributed by atoms with Crippen molar-refractivity contribution in [3.8, 4) is 17.6 Å². The van der Waals surface area contributed by atoms with Crippen LogP contribution in [0, 0.1) is 11.3 Å². The van der Waals surface area contributed by atoms with Gasteiger partial charge in [-0.2, -0.15) is 5.26 Å². The Morgan fingerprint density at radius 1 is 1.16 bits per heavy atom. The van der Waals surface area contributed by atoms with E-state index in [1.54, 1.807) is 48.3 Å². The van der Waals surface area contributed by atoms with E-state index in [9.17, 15) is 13.2 Å². The fourth-order valence-electron chi connectivity index (χ4n) is 3.09. The second-order valence-electron chi connectivity index (χ2n) is 6.68. The standard InChI is InChI=1S/C21H15F3N6O/c1-13(15-3-2-4-16(8-15)31-21(22,23)24)28-19-10-26-11-20(29-19)30-12-27-17-6-5-14(9-25)7-18(17)30/h2-8,10-13H,1H3,(H,28,29). The van der Waals surface area contributed by atoms with Gasteiger partial charge < -0.3 is 10.1 Å². The van der Waals surface area contributed by atoms with Gasteiger partial charge in [0.25, 0.3) is 0 Å². The van der Waals surface area contributed by atoms with E-state index >= 15 is 0 Å². The summed E-state index contributed by atoms with van der Waals surface area (Å²) >= 11 is 0. The van der Waals surface area contributed by atoms with Crippen molar-refractivity contribution in [1.82, 2.24) is 19.5 Å². The average molecular weight is 424 g/mol. The van der Waals surface area contributed by atoms with Crippen LogP contribution in [0.5, 0.6) is 5.75 Å². The van der Waals surface area contributed by atoms with Crippen molar-refractivity contribution in [1.29, 1.82) is 5.26 Å². The molecule has 156 valence electrons. The number of ether oxygens (including phenoxy) is 1. The van der Waals surface area contributed by atoms with Gasteiger partial charge in [0.05, 0.1) is 41.1 Å². The monoisotopic (exact) mass is 424 g/mol. The van der Waals surface area contributed by atoms with Gasteiger partial charge in [-0.3, -0.25) is 9.55 Å². The number of benzene rings is 2. The van der Waals surface area contributed by atoms with Crippen LogP contribution in [0.1, 0.15) is 24.1 Å². The molecule has 0 fully saturated rings. The van der Waals surface area contributed by atoms with E-state index in [1.807, 2.05) is 0 Å². The Morgan fingerprint density at radius 2 is 2.00 bits per heavy atom. The van der Waals surface area contributed by atoms with Crippen LogP contribution in [0.2, 0.25) is 0 Å². The first kappa shape index (κ1) is 20.2. The van der Waals surface area contributed by atoms with Crippen molar-refractivity contribution in [3.63, 3.8) is 0 Å². The summed E-state index contributed by atoms with van der Waals surface area (Å²) in [6.07, 6.45) is -0.112. The predicted molar refractivity (Wildman–Crippen MR) is 107 cm³/mol. The Bertz CT molecular complexity index is 1280. The Labute approximate surface area is 174 Å². The summed E-state index contributed by atoms with van der Waals surface area (Å²) in [5.74, 6) is 0.603. The van der Waals surface area contributed by atoms with E-state index in [2.05, 4.69) is 31.1 Å². The summed E-state index contributed by atoms with van der Waals surface area (Å²) in [4.78, 5) is 13.0. The van der Waals surface area contributed by atoms with E-state index in [1.165, 1.54) is 24.4 Å². The molecule has 2 aromatic heterocycles. The summed E-state index contributed by atoms with van der Waals surface area (Å²) in [6, 6.07) is 12.6. The fraction of sp³-hybridized carbons (Fsp3) is 0.143. The van der Waals surface area contributed by atoms with Crippen LogP contribution in [-0.2, 0) is 0 Å². The topological polar surface area (TPSA) is 88.7 Å². The number of fused-ring (bicyclic) bond motifs is 1. The fourth-order valence-corrected chi connectivity index (χ4v) is 3.09. The molecule has 0 aliphatic rings. The third-order valence-electron chi connectivity index (χ3n) is 4.50. The third kappa shape index (κ3) is 4.56. The Kier molecular flexibility index (Phi) is 5.17. The van der Waals surface area contributed by atoms with Crippen LogP contribution < -0.4 is 10.1 Å². The minimum atomic E-state index is -4.76. The number of aromatic nitrogens is 4. The van der Waals surface area contributed by atoms with Crippen LogP contribution in [-0.4, -0.2) is 25.9 Å². The highest BCUT2D eigenvalue weighted by atomic mass is 19.4. The highest BCUT2D eigenvalue weighted by molar-refractivity contribution is 5.78. The number of anilines is 1. The van der Waals surface area contributed by atoms with Gasteiger partial charge in [0, 0.05) is 0 Å². The van der Waals surface area contributed by atoms with E-state index in [4.69, 9.17) is 5.26 Å². The number of rotatable bonds is 5. The van der Waals surface area contributed by atoms with Gasteiger partial charge in [0.2, 0.25) is 0 Å².